The van der Waals surface area contributed by atoms with E-state index in [-0.39, 0.29) is 28.9 Å². The van der Waals surface area contributed by atoms with Crippen molar-refractivity contribution >= 4 is 23.6 Å². The average molecular weight is 382 g/mol. The fraction of sp³-hybridized carbons (Fsp3) is 0.579. The monoisotopic (exact) mass is 381 g/mol. The summed E-state index contributed by atoms with van der Waals surface area (Å²) >= 11 is 1.44. The molecule has 0 saturated carbocycles. The summed E-state index contributed by atoms with van der Waals surface area (Å²) in [5, 5.41) is 2.61. The van der Waals surface area contributed by atoms with Crippen molar-refractivity contribution in [2.24, 2.45) is 5.92 Å². The lowest BCUT2D eigenvalue weighted by molar-refractivity contribution is -0.139. The van der Waals surface area contributed by atoms with Crippen LogP contribution < -0.4 is 5.32 Å². The van der Waals surface area contributed by atoms with Crippen LogP contribution in [0.1, 0.15) is 31.2 Å². The molecule has 1 aromatic rings. The van der Waals surface area contributed by atoms with Gasteiger partial charge < -0.3 is 15.1 Å². The predicted octanol–water partition coefficient (Wildman–Crippen LogP) is 2.49. The zero-order valence-corrected chi connectivity index (χ0v) is 16.7. The molecule has 1 saturated heterocycles. The van der Waals surface area contributed by atoms with E-state index >= 15 is 0 Å². The van der Waals surface area contributed by atoms with Crippen molar-refractivity contribution in [2.45, 2.75) is 31.7 Å². The average Bonchev–Trinajstić information content (AvgIpc) is 2.93. The summed E-state index contributed by atoms with van der Waals surface area (Å²) < 4.78 is 13.7. The van der Waals surface area contributed by atoms with Crippen LogP contribution in [0.5, 0.6) is 0 Å². The number of benzene rings is 1. The smallest absolute Gasteiger partial charge is 0.242 e. The van der Waals surface area contributed by atoms with Crippen molar-refractivity contribution in [1.29, 1.82) is 0 Å². The number of nitrogens with zero attached hydrogens (tertiary/aromatic N) is 2. The Hall–Kier alpha value is -1.60. The highest BCUT2D eigenvalue weighted by Crippen LogP contribution is 2.41. The van der Waals surface area contributed by atoms with Crippen LogP contribution in [0.2, 0.25) is 0 Å². The van der Waals surface area contributed by atoms with Gasteiger partial charge in [0.25, 0.3) is 0 Å². The summed E-state index contributed by atoms with van der Waals surface area (Å²) in [6, 6.07) is 5.73. The maximum atomic E-state index is 13.7. The zero-order valence-electron chi connectivity index (χ0n) is 15.9. The van der Waals surface area contributed by atoms with E-state index < -0.39 is 6.04 Å². The molecule has 1 heterocycles. The van der Waals surface area contributed by atoms with Crippen LogP contribution in [0, 0.1) is 11.7 Å². The summed E-state index contributed by atoms with van der Waals surface area (Å²) in [6.45, 7) is 5.33. The van der Waals surface area contributed by atoms with Crippen LogP contribution in [0.4, 0.5) is 4.39 Å². The number of thioether (sulfide) groups is 1. The van der Waals surface area contributed by atoms with Gasteiger partial charge in [0, 0.05) is 13.1 Å². The van der Waals surface area contributed by atoms with E-state index in [9.17, 15) is 14.0 Å². The van der Waals surface area contributed by atoms with E-state index in [2.05, 4.69) is 5.32 Å². The van der Waals surface area contributed by atoms with Gasteiger partial charge in [-0.25, -0.2) is 4.39 Å². The van der Waals surface area contributed by atoms with Gasteiger partial charge in [-0.15, -0.1) is 11.8 Å². The molecular formula is C19H28FN3O2S. The molecule has 1 aliphatic heterocycles. The van der Waals surface area contributed by atoms with Crippen LogP contribution in [-0.2, 0) is 9.59 Å². The van der Waals surface area contributed by atoms with E-state index in [1.165, 1.54) is 23.9 Å². The third-order valence-electron chi connectivity index (χ3n) is 4.23. The maximum absolute atomic E-state index is 13.7. The Bertz CT molecular complexity index is 639. The lowest BCUT2D eigenvalue weighted by atomic mass is 10.0. The third kappa shape index (κ3) is 5.45. The minimum Gasteiger partial charge on any atom is -0.353 e. The molecule has 0 unspecified atom stereocenters. The summed E-state index contributed by atoms with van der Waals surface area (Å²) in [5.41, 5.74) is 0.718. The van der Waals surface area contributed by atoms with Crippen LogP contribution in [0.15, 0.2) is 24.3 Å². The zero-order chi connectivity index (χ0) is 19.3. The molecule has 0 spiro atoms. The van der Waals surface area contributed by atoms with Gasteiger partial charge in [0.05, 0.1) is 5.75 Å². The molecule has 1 aromatic carbocycles. The van der Waals surface area contributed by atoms with Gasteiger partial charge in [-0.05, 0) is 44.1 Å². The van der Waals surface area contributed by atoms with Crippen LogP contribution in [0.3, 0.4) is 0 Å². The molecular weight excluding hydrogens is 353 g/mol. The Labute approximate surface area is 159 Å². The van der Waals surface area contributed by atoms with E-state index in [1.54, 1.807) is 11.0 Å². The summed E-state index contributed by atoms with van der Waals surface area (Å²) in [6.07, 6.45) is 0.575. The molecule has 1 aliphatic rings. The second-order valence-corrected chi connectivity index (χ2v) is 8.33. The number of halogens is 1. The molecule has 0 bridgehead atoms. The SMILES string of the molecule is CC(C)C[C@@H](C(=O)NCCN(C)C)N1C(=O)CS[C@H]1c1cccc(F)c1. The first kappa shape index (κ1) is 20.7. The molecule has 2 atom stereocenters. The minimum atomic E-state index is -0.548. The van der Waals surface area contributed by atoms with Crippen molar-refractivity contribution < 1.29 is 14.0 Å². The lowest BCUT2D eigenvalue weighted by Crippen LogP contribution is -2.50. The van der Waals surface area contributed by atoms with Crippen molar-refractivity contribution in [3.8, 4) is 0 Å². The molecule has 26 heavy (non-hydrogen) atoms. The van der Waals surface area contributed by atoms with Crippen molar-refractivity contribution in [1.82, 2.24) is 15.1 Å². The number of hydrogen-bond donors (Lipinski definition) is 1. The molecule has 1 N–H and O–H groups in total. The molecule has 0 aliphatic carbocycles. The maximum Gasteiger partial charge on any atom is 0.242 e. The van der Waals surface area contributed by atoms with E-state index in [1.807, 2.05) is 38.9 Å². The standard InChI is InChI=1S/C19H28FN3O2S/c1-13(2)10-16(18(25)21-8-9-22(3)4)23-17(24)12-26-19(23)14-6-5-7-15(20)11-14/h5-7,11,13,16,19H,8-10,12H2,1-4H3,(H,21,25)/t16-,19-/m0/s1. The minimum absolute atomic E-state index is 0.0716. The second kappa shape index (κ2) is 9.37. The fourth-order valence-corrected chi connectivity index (χ4v) is 4.22. The summed E-state index contributed by atoms with van der Waals surface area (Å²) in [5.74, 6) is 0.0145. The molecule has 2 rings (SSSR count). The predicted molar refractivity (Wildman–Crippen MR) is 103 cm³/mol. The van der Waals surface area contributed by atoms with Gasteiger partial charge >= 0.3 is 0 Å². The Balaban J connectivity index is 2.22. The first-order chi connectivity index (χ1) is 12.3. The molecule has 144 valence electrons. The molecule has 2 amide bonds. The highest BCUT2D eigenvalue weighted by atomic mass is 32.2. The Morgan fingerprint density at radius 3 is 2.77 bits per heavy atom. The fourth-order valence-electron chi connectivity index (χ4n) is 3.00. The summed E-state index contributed by atoms with van der Waals surface area (Å²) in [7, 11) is 3.89. The van der Waals surface area contributed by atoms with Gasteiger partial charge in [0.2, 0.25) is 11.8 Å². The highest BCUT2D eigenvalue weighted by Gasteiger charge is 2.41. The summed E-state index contributed by atoms with van der Waals surface area (Å²) in [4.78, 5) is 29.0. The first-order valence-corrected chi connectivity index (χ1v) is 9.95. The van der Waals surface area contributed by atoms with Gasteiger partial charge in [0.1, 0.15) is 17.2 Å². The van der Waals surface area contributed by atoms with E-state index in [4.69, 9.17) is 0 Å². The van der Waals surface area contributed by atoms with Gasteiger partial charge in [-0.1, -0.05) is 26.0 Å². The molecule has 5 nitrogen and oxygen atoms in total. The largest absolute Gasteiger partial charge is 0.353 e. The van der Waals surface area contributed by atoms with Crippen molar-refractivity contribution in [3.63, 3.8) is 0 Å². The molecule has 1 fully saturated rings. The van der Waals surface area contributed by atoms with Crippen molar-refractivity contribution in [3.05, 3.63) is 35.6 Å². The molecule has 0 aromatic heterocycles. The number of hydrogen-bond acceptors (Lipinski definition) is 4. The number of carbonyl (C=O) groups excluding carboxylic acids is 2. The second-order valence-electron chi connectivity index (χ2n) is 7.26. The lowest BCUT2D eigenvalue weighted by Gasteiger charge is -2.33. The van der Waals surface area contributed by atoms with Gasteiger partial charge in [0.15, 0.2) is 0 Å². The number of amides is 2. The van der Waals surface area contributed by atoms with Gasteiger partial charge in [-0.2, -0.15) is 0 Å². The van der Waals surface area contributed by atoms with Crippen LogP contribution >= 0.6 is 11.8 Å². The number of carbonyl (C=O) groups is 2. The quantitative estimate of drug-likeness (QED) is 0.752. The topological polar surface area (TPSA) is 52.7 Å². The Morgan fingerprint density at radius 1 is 1.42 bits per heavy atom. The van der Waals surface area contributed by atoms with Crippen LogP contribution in [0.25, 0.3) is 0 Å². The molecule has 0 radical (unpaired) electrons. The first-order valence-electron chi connectivity index (χ1n) is 8.90. The third-order valence-corrected chi connectivity index (χ3v) is 5.46. The van der Waals surface area contributed by atoms with Crippen molar-refractivity contribution in [2.75, 3.05) is 32.9 Å². The highest BCUT2D eigenvalue weighted by molar-refractivity contribution is 8.00. The Kier molecular flexibility index (Phi) is 7.46. The van der Waals surface area contributed by atoms with Gasteiger partial charge in [-0.3, -0.25) is 9.59 Å². The molecule has 7 heteroatoms. The van der Waals surface area contributed by atoms with Crippen LogP contribution in [-0.4, -0.2) is 60.6 Å². The Morgan fingerprint density at radius 2 is 2.15 bits per heavy atom. The number of rotatable bonds is 8. The van der Waals surface area contributed by atoms with E-state index in [0.29, 0.717) is 18.7 Å². The number of nitrogens with one attached hydrogen (secondary N) is 1. The normalized spacial score (nSPS) is 18.7. The number of likely N-dealkylation sites (N-methyl/N-ethyl adjacent to an activating group) is 1. The van der Waals surface area contributed by atoms with E-state index in [0.717, 1.165) is 12.1 Å².